The Hall–Kier alpha value is -3.44. The molecule has 11 heteroatoms. The normalized spacial score (nSPS) is 22.9. The van der Waals surface area contributed by atoms with E-state index < -0.39 is 48.0 Å². The molecule has 8 nitrogen and oxygen atoms in total. The molecule has 35 heavy (non-hydrogen) atoms. The van der Waals surface area contributed by atoms with E-state index in [-0.39, 0.29) is 18.5 Å². The van der Waals surface area contributed by atoms with Crippen LogP contribution in [0.15, 0.2) is 54.6 Å². The second-order valence-electron chi connectivity index (χ2n) is 8.55. The van der Waals surface area contributed by atoms with Crippen LogP contribution in [0.1, 0.15) is 25.0 Å². The van der Waals surface area contributed by atoms with Crippen molar-refractivity contribution in [1.82, 2.24) is 20.2 Å². The number of benzene rings is 2. The van der Waals surface area contributed by atoms with Gasteiger partial charge in [0.1, 0.15) is 12.6 Å². The lowest BCUT2D eigenvalue weighted by atomic mass is 9.97. The topological polar surface area (TPSA) is 85.0 Å². The number of nitrogens with zero attached hydrogens (tertiary/aromatic N) is 3. The molecule has 2 fully saturated rings. The third-order valence-corrected chi connectivity index (χ3v) is 6.24. The van der Waals surface area contributed by atoms with Crippen LogP contribution in [0, 0.1) is 0 Å². The first kappa shape index (κ1) is 24.7. The molecule has 2 aromatic rings. The van der Waals surface area contributed by atoms with Gasteiger partial charge in [-0.2, -0.15) is 13.2 Å². The van der Waals surface area contributed by atoms with Gasteiger partial charge in [-0.15, -0.1) is 0 Å². The van der Waals surface area contributed by atoms with Gasteiger partial charge in [0.15, 0.2) is 0 Å². The van der Waals surface area contributed by atoms with Crippen molar-refractivity contribution in [2.24, 2.45) is 0 Å². The van der Waals surface area contributed by atoms with Crippen molar-refractivity contribution in [3.63, 3.8) is 0 Å². The van der Waals surface area contributed by atoms with Gasteiger partial charge in [0.05, 0.1) is 23.8 Å². The third-order valence-electron chi connectivity index (χ3n) is 6.24. The number of anilines is 1. The number of alkyl halides is 3. The molecule has 2 aromatic carbocycles. The summed E-state index contributed by atoms with van der Waals surface area (Å²) in [7, 11) is 0. The number of para-hydroxylation sites is 1. The summed E-state index contributed by atoms with van der Waals surface area (Å²) in [5.41, 5.74) is 2.53. The van der Waals surface area contributed by atoms with Crippen LogP contribution >= 0.6 is 0 Å². The number of nitrogens with one attached hydrogen (secondary N) is 2. The summed E-state index contributed by atoms with van der Waals surface area (Å²) in [5, 5.41) is 4.02. The smallest absolute Gasteiger partial charge is 0.324 e. The fourth-order valence-electron chi connectivity index (χ4n) is 4.69. The highest BCUT2D eigenvalue weighted by molar-refractivity contribution is 6.03. The van der Waals surface area contributed by atoms with Crippen LogP contribution in [0.2, 0.25) is 0 Å². The number of likely N-dealkylation sites (N-methyl/N-ethyl adjacent to an activating group) is 1. The van der Waals surface area contributed by atoms with Crippen LogP contribution in [-0.4, -0.2) is 63.9 Å². The van der Waals surface area contributed by atoms with Crippen LogP contribution in [0.3, 0.4) is 0 Å². The second kappa shape index (κ2) is 9.67. The summed E-state index contributed by atoms with van der Waals surface area (Å²) in [6.45, 7) is 3.64. The quantitative estimate of drug-likeness (QED) is 0.652. The van der Waals surface area contributed by atoms with E-state index in [1.807, 2.05) is 13.0 Å². The number of amides is 4. The van der Waals surface area contributed by atoms with Gasteiger partial charge in [0.25, 0.3) is 5.91 Å². The third kappa shape index (κ3) is 4.87. The van der Waals surface area contributed by atoms with Crippen LogP contribution in [-0.2, 0) is 22.3 Å². The largest absolute Gasteiger partial charge is 0.418 e. The molecule has 0 saturated carbocycles. The van der Waals surface area contributed by atoms with Crippen molar-refractivity contribution < 1.29 is 27.6 Å². The summed E-state index contributed by atoms with van der Waals surface area (Å²) in [6, 6.07) is 11.2. The number of imide groups is 1. The van der Waals surface area contributed by atoms with Crippen molar-refractivity contribution in [1.29, 1.82) is 0 Å². The first-order chi connectivity index (χ1) is 16.6. The number of rotatable bonds is 6. The summed E-state index contributed by atoms with van der Waals surface area (Å²) in [6.07, 6.45) is -4.65. The maximum atomic E-state index is 13.5. The number of urea groups is 1. The SMILES string of the molecule is CCN1NC(C)C2C1C(=O)N(Cc1ccccc1)C(=O)N2CC(=O)Nc1ccccc1C(F)(F)F. The Morgan fingerprint density at radius 3 is 2.37 bits per heavy atom. The van der Waals surface area contributed by atoms with Crippen molar-refractivity contribution >= 4 is 23.5 Å². The van der Waals surface area contributed by atoms with Gasteiger partial charge >= 0.3 is 12.2 Å². The van der Waals surface area contributed by atoms with Crippen LogP contribution in [0.4, 0.5) is 23.7 Å². The molecule has 3 atom stereocenters. The summed E-state index contributed by atoms with van der Waals surface area (Å²) in [4.78, 5) is 42.1. The Kier molecular flexibility index (Phi) is 6.82. The average molecular weight is 489 g/mol. The molecule has 0 radical (unpaired) electrons. The van der Waals surface area contributed by atoms with E-state index in [0.29, 0.717) is 6.54 Å². The Labute approximate surface area is 200 Å². The van der Waals surface area contributed by atoms with E-state index >= 15 is 0 Å². The van der Waals surface area contributed by atoms with E-state index in [2.05, 4.69) is 10.7 Å². The van der Waals surface area contributed by atoms with Gasteiger partial charge in [0.2, 0.25) is 5.91 Å². The van der Waals surface area contributed by atoms with Crippen LogP contribution < -0.4 is 10.7 Å². The predicted molar refractivity (Wildman–Crippen MR) is 122 cm³/mol. The highest BCUT2D eigenvalue weighted by Gasteiger charge is 2.55. The molecule has 3 unspecified atom stereocenters. The van der Waals surface area contributed by atoms with Gasteiger partial charge in [-0.25, -0.2) is 15.2 Å². The van der Waals surface area contributed by atoms with Crippen LogP contribution in [0.25, 0.3) is 0 Å². The lowest BCUT2D eigenvalue weighted by Gasteiger charge is -2.43. The Morgan fingerprint density at radius 1 is 1.06 bits per heavy atom. The molecule has 0 aromatic heterocycles. The Bertz CT molecular complexity index is 1110. The molecule has 0 bridgehead atoms. The molecule has 4 rings (SSSR count). The minimum Gasteiger partial charge on any atom is -0.324 e. The lowest BCUT2D eigenvalue weighted by molar-refractivity contribution is -0.140. The molecule has 4 amide bonds. The van der Waals surface area contributed by atoms with Crippen LogP contribution in [0.5, 0.6) is 0 Å². The van der Waals surface area contributed by atoms with Gasteiger partial charge in [-0.3, -0.25) is 14.5 Å². The summed E-state index contributed by atoms with van der Waals surface area (Å²) in [5.74, 6) is -1.17. The number of halogens is 3. The molecule has 2 N–H and O–H groups in total. The number of hydrazine groups is 1. The molecule has 186 valence electrons. The minimum absolute atomic E-state index is 0.0166. The highest BCUT2D eigenvalue weighted by Crippen LogP contribution is 2.35. The Morgan fingerprint density at radius 2 is 1.71 bits per heavy atom. The predicted octanol–water partition coefficient (Wildman–Crippen LogP) is 3.07. The van der Waals surface area contributed by atoms with E-state index in [1.165, 1.54) is 17.0 Å². The van der Waals surface area contributed by atoms with Crippen molar-refractivity contribution in [2.45, 2.75) is 44.7 Å². The van der Waals surface area contributed by atoms with Gasteiger partial charge in [0, 0.05) is 12.6 Å². The standard InChI is InChI=1S/C24H26F3N5O3/c1-3-32-21-20(15(2)29-32)30(23(35)31(22(21)34)13-16-9-5-4-6-10-16)14-19(33)28-18-12-8-7-11-17(18)24(25,26)27/h4-12,15,20-21,29H,3,13-14H2,1-2H3,(H,28,33). The number of fused-ring (bicyclic) bond motifs is 1. The van der Waals surface area contributed by atoms with Crippen molar-refractivity contribution in [3.8, 4) is 0 Å². The van der Waals surface area contributed by atoms with E-state index in [9.17, 15) is 27.6 Å². The molecule has 2 saturated heterocycles. The maximum Gasteiger partial charge on any atom is 0.418 e. The number of hydrogen-bond donors (Lipinski definition) is 2. The average Bonchev–Trinajstić information content (AvgIpc) is 3.16. The monoisotopic (exact) mass is 489 g/mol. The number of hydrogen-bond acceptors (Lipinski definition) is 5. The molecule has 2 aliphatic rings. The lowest BCUT2D eigenvalue weighted by Crippen LogP contribution is -2.67. The van der Waals surface area contributed by atoms with Gasteiger partial charge < -0.3 is 10.2 Å². The van der Waals surface area contributed by atoms with Crippen molar-refractivity contribution in [3.05, 3.63) is 65.7 Å². The minimum atomic E-state index is -4.65. The number of carbonyl (C=O) groups is 3. The van der Waals surface area contributed by atoms with Gasteiger partial charge in [-0.05, 0) is 24.6 Å². The molecular formula is C24H26F3N5O3. The first-order valence-electron chi connectivity index (χ1n) is 11.3. The highest BCUT2D eigenvalue weighted by atomic mass is 19.4. The molecule has 2 heterocycles. The van der Waals surface area contributed by atoms with Gasteiger partial charge in [-0.1, -0.05) is 49.4 Å². The zero-order valence-corrected chi connectivity index (χ0v) is 19.2. The summed E-state index contributed by atoms with van der Waals surface area (Å²) < 4.78 is 40.1. The second-order valence-corrected chi connectivity index (χ2v) is 8.55. The molecule has 0 spiro atoms. The van der Waals surface area contributed by atoms with E-state index in [1.54, 1.807) is 36.2 Å². The van der Waals surface area contributed by atoms with Crippen molar-refractivity contribution in [2.75, 3.05) is 18.4 Å². The summed E-state index contributed by atoms with van der Waals surface area (Å²) >= 11 is 0. The Balaban J connectivity index is 1.61. The first-order valence-corrected chi connectivity index (χ1v) is 11.3. The molecular weight excluding hydrogens is 463 g/mol. The zero-order chi connectivity index (χ0) is 25.3. The molecule has 2 aliphatic heterocycles. The fourth-order valence-corrected chi connectivity index (χ4v) is 4.69. The molecule has 0 aliphatic carbocycles. The number of carbonyl (C=O) groups excluding carboxylic acids is 3. The van der Waals surface area contributed by atoms with E-state index in [0.717, 1.165) is 22.6 Å². The zero-order valence-electron chi connectivity index (χ0n) is 19.2. The fraction of sp³-hybridized carbons (Fsp3) is 0.375. The maximum absolute atomic E-state index is 13.5. The van der Waals surface area contributed by atoms with E-state index in [4.69, 9.17) is 0 Å².